The van der Waals surface area contributed by atoms with Gasteiger partial charge in [0.2, 0.25) is 5.91 Å². The Kier molecular flexibility index (Phi) is 5.65. The zero-order valence-electron chi connectivity index (χ0n) is 12.2. The van der Waals surface area contributed by atoms with Crippen LogP contribution >= 0.6 is 0 Å². The van der Waals surface area contributed by atoms with Crippen LogP contribution < -0.4 is 11.1 Å². The fourth-order valence-corrected chi connectivity index (χ4v) is 2.19. The van der Waals surface area contributed by atoms with E-state index < -0.39 is 0 Å². The average Bonchev–Trinajstić information content (AvgIpc) is 2.55. The molecule has 0 saturated heterocycles. The number of primary amides is 1. The summed E-state index contributed by atoms with van der Waals surface area (Å²) in [6.07, 6.45) is 2.65. The van der Waals surface area contributed by atoms with Crippen molar-refractivity contribution >= 4 is 11.8 Å². The molecule has 3 N–H and O–H groups in total. The van der Waals surface area contributed by atoms with Gasteiger partial charge < -0.3 is 11.1 Å². The molecule has 0 radical (unpaired) electrons. The molecule has 2 amide bonds. The van der Waals surface area contributed by atoms with E-state index in [1.165, 1.54) is 0 Å². The third-order valence-electron chi connectivity index (χ3n) is 3.40. The van der Waals surface area contributed by atoms with E-state index in [1.807, 2.05) is 30.3 Å². The fraction of sp³-hybridized carbons (Fsp3) is 0.235. The Morgan fingerprint density at radius 2 is 1.82 bits per heavy atom. The van der Waals surface area contributed by atoms with Gasteiger partial charge in [-0.15, -0.1) is 0 Å². The van der Waals surface area contributed by atoms with E-state index in [1.54, 1.807) is 24.4 Å². The van der Waals surface area contributed by atoms with E-state index in [2.05, 4.69) is 10.3 Å². The first-order chi connectivity index (χ1) is 10.7. The Bertz CT molecular complexity index is 614. The van der Waals surface area contributed by atoms with Crippen LogP contribution in [0.1, 0.15) is 22.5 Å². The number of hydrogen-bond donors (Lipinski definition) is 2. The second-order valence-corrected chi connectivity index (χ2v) is 5.05. The lowest BCUT2D eigenvalue weighted by Crippen LogP contribution is -2.31. The summed E-state index contributed by atoms with van der Waals surface area (Å²) < 4.78 is 0. The number of amides is 2. The largest absolute Gasteiger partial charge is 0.369 e. The van der Waals surface area contributed by atoms with Crippen molar-refractivity contribution in [2.24, 2.45) is 11.7 Å². The highest BCUT2D eigenvalue weighted by Gasteiger charge is 2.16. The van der Waals surface area contributed by atoms with Gasteiger partial charge in [-0.3, -0.25) is 14.6 Å². The second-order valence-electron chi connectivity index (χ2n) is 5.05. The Balaban J connectivity index is 1.85. The molecule has 5 nitrogen and oxygen atoms in total. The Labute approximate surface area is 129 Å². The molecule has 1 aromatic carbocycles. The van der Waals surface area contributed by atoms with Crippen LogP contribution in [0.25, 0.3) is 0 Å². The third kappa shape index (κ3) is 4.70. The number of nitrogens with two attached hydrogens (primary N) is 1. The van der Waals surface area contributed by atoms with Crippen LogP contribution in [-0.4, -0.2) is 23.3 Å². The molecular formula is C17H19N3O2. The second kappa shape index (κ2) is 7.93. The van der Waals surface area contributed by atoms with Crippen molar-refractivity contribution in [2.75, 3.05) is 6.54 Å². The first-order valence-electron chi connectivity index (χ1n) is 7.19. The zero-order chi connectivity index (χ0) is 15.8. The molecule has 0 fully saturated rings. The fourth-order valence-electron chi connectivity index (χ4n) is 2.19. The number of nitrogens with one attached hydrogen (secondary N) is 1. The van der Waals surface area contributed by atoms with Crippen molar-refractivity contribution in [3.8, 4) is 0 Å². The predicted octanol–water partition coefficient (Wildman–Crippen LogP) is 1.55. The first kappa shape index (κ1) is 15.7. The third-order valence-corrected chi connectivity index (χ3v) is 3.40. The van der Waals surface area contributed by atoms with Crippen molar-refractivity contribution in [1.82, 2.24) is 10.3 Å². The lowest BCUT2D eigenvalue weighted by Gasteiger charge is -2.13. The molecule has 0 bridgehead atoms. The van der Waals surface area contributed by atoms with Crippen LogP contribution in [0.3, 0.4) is 0 Å². The van der Waals surface area contributed by atoms with E-state index in [0.717, 1.165) is 5.56 Å². The van der Waals surface area contributed by atoms with Crippen LogP contribution in [0.15, 0.2) is 54.7 Å². The van der Waals surface area contributed by atoms with Gasteiger partial charge in [0.1, 0.15) is 5.69 Å². The highest BCUT2D eigenvalue weighted by molar-refractivity contribution is 5.92. The maximum absolute atomic E-state index is 11.9. The number of pyridine rings is 1. The number of aromatic nitrogens is 1. The number of carbonyl (C=O) groups is 2. The topological polar surface area (TPSA) is 85.1 Å². The summed E-state index contributed by atoms with van der Waals surface area (Å²) in [7, 11) is 0. The van der Waals surface area contributed by atoms with Crippen LogP contribution in [-0.2, 0) is 11.2 Å². The molecule has 1 atom stereocenters. The van der Waals surface area contributed by atoms with Crippen molar-refractivity contribution in [3.05, 3.63) is 66.0 Å². The smallest absolute Gasteiger partial charge is 0.269 e. The standard InChI is InChI=1S/C17H19N3O2/c18-16(21)14(12-13-6-2-1-3-7-13)9-11-20-17(22)15-8-4-5-10-19-15/h1-8,10,14H,9,11-12H2,(H2,18,21)(H,20,22)/t14-/m1/s1. The van der Waals surface area contributed by atoms with E-state index in [0.29, 0.717) is 25.1 Å². The minimum Gasteiger partial charge on any atom is -0.369 e. The number of carbonyl (C=O) groups excluding carboxylic acids is 2. The average molecular weight is 297 g/mol. The molecule has 0 unspecified atom stereocenters. The van der Waals surface area contributed by atoms with Crippen molar-refractivity contribution in [2.45, 2.75) is 12.8 Å². The maximum Gasteiger partial charge on any atom is 0.269 e. The summed E-state index contributed by atoms with van der Waals surface area (Å²) in [6, 6.07) is 14.8. The number of benzene rings is 1. The van der Waals surface area contributed by atoms with Gasteiger partial charge in [0.25, 0.3) is 5.91 Å². The predicted molar refractivity (Wildman–Crippen MR) is 84.0 cm³/mol. The van der Waals surface area contributed by atoms with Gasteiger partial charge in [0.15, 0.2) is 0 Å². The summed E-state index contributed by atoms with van der Waals surface area (Å²) in [5, 5.41) is 2.76. The van der Waals surface area contributed by atoms with Gasteiger partial charge in [-0.25, -0.2) is 0 Å². The molecule has 0 spiro atoms. The van der Waals surface area contributed by atoms with E-state index in [9.17, 15) is 9.59 Å². The molecule has 0 aliphatic rings. The van der Waals surface area contributed by atoms with Gasteiger partial charge in [-0.05, 0) is 30.5 Å². The highest BCUT2D eigenvalue weighted by atomic mass is 16.2. The summed E-state index contributed by atoms with van der Waals surface area (Å²) in [5.74, 6) is -0.897. The molecule has 0 saturated carbocycles. The van der Waals surface area contributed by atoms with Gasteiger partial charge in [0.05, 0.1) is 0 Å². The van der Waals surface area contributed by atoms with Crippen LogP contribution in [0.4, 0.5) is 0 Å². The molecule has 1 heterocycles. The quantitative estimate of drug-likeness (QED) is 0.813. The maximum atomic E-state index is 11.9. The Hall–Kier alpha value is -2.69. The number of hydrogen-bond acceptors (Lipinski definition) is 3. The van der Waals surface area contributed by atoms with Crippen molar-refractivity contribution < 1.29 is 9.59 Å². The molecular weight excluding hydrogens is 278 g/mol. The lowest BCUT2D eigenvalue weighted by atomic mass is 9.95. The summed E-state index contributed by atoms with van der Waals surface area (Å²) >= 11 is 0. The van der Waals surface area contributed by atoms with Gasteiger partial charge >= 0.3 is 0 Å². The van der Waals surface area contributed by atoms with Crippen LogP contribution in [0.5, 0.6) is 0 Å². The molecule has 22 heavy (non-hydrogen) atoms. The molecule has 2 rings (SSSR count). The summed E-state index contributed by atoms with van der Waals surface area (Å²) in [4.78, 5) is 27.4. The highest BCUT2D eigenvalue weighted by Crippen LogP contribution is 2.11. The molecule has 0 aliphatic heterocycles. The zero-order valence-corrected chi connectivity index (χ0v) is 12.2. The molecule has 114 valence electrons. The number of nitrogens with zero attached hydrogens (tertiary/aromatic N) is 1. The van der Waals surface area contributed by atoms with E-state index >= 15 is 0 Å². The normalized spacial score (nSPS) is 11.6. The SMILES string of the molecule is NC(=O)[C@H](CCNC(=O)c1ccccn1)Cc1ccccc1. The summed E-state index contributed by atoms with van der Waals surface area (Å²) in [5.41, 5.74) is 6.87. The Morgan fingerprint density at radius 3 is 2.45 bits per heavy atom. The van der Waals surface area contributed by atoms with Gasteiger partial charge in [0, 0.05) is 18.7 Å². The monoisotopic (exact) mass is 297 g/mol. The molecule has 0 aliphatic carbocycles. The van der Waals surface area contributed by atoms with Crippen molar-refractivity contribution in [1.29, 1.82) is 0 Å². The molecule has 2 aromatic rings. The van der Waals surface area contributed by atoms with Gasteiger partial charge in [-0.1, -0.05) is 36.4 Å². The number of rotatable bonds is 7. The summed E-state index contributed by atoms with van der Waals surface area (Å²) in [6.45, 7) is 0.385. The van der Waals surface area contributed by atoms with Crippen LogP contribution in [0, 0.1) is 5.92 Å². The van der Waals surface area contributed by atoms with Crippen LogP contribution in [0.2, 0.25) is 0 Å². The van der Waals surface area contributed by atoms with Gasteiger partial charge in [-0.2, -0.15) is 0 Å². The molecule has 1 aromatic heterocycles. The molecule has 5 heteroatoms. The lowest BCUT2D eigenvalue weighted by molar-refractivity contribution is -0.121. The van der Waals surface area contributed by atoms with E-state index in [-0.39, 0.29) is 17.7 Å². The first-order valence-corrected chi connectivity index (χ1v) is 7.19. The minimum absolute atomic E-state index is 0.247. The minimum atomic E-state index is -0.351. The van der Waals surface area contributed by atoms with Crippen molar-refractivity contribution in [3.63, 3.8) is 0 Å². The van der Waals surface area contributed by atoms with E-state index in [4.69, 9.17) is 5.73 Å². The Morgan fingerprint density at radius 1 is 1.09 bits per heavy atom.